The number of hydrogen-bond acceptors (Lipinski definition) is 3. The molecule has 0 unspecified atom stereocenters. The number of phenols is 1. The van der Waals surface area contributed by atoms with Crippen molar-refractivity contribution in [3.63, 3.8) is 0 Å². The van der Waals surface area contributed by atoms with Gasteiger partial charge in [-0.1, -0.05) is 19.9 Å². The largest absolute Gasteiger partial charge is 0.506 e. The van der Waals surface area contributed by atoms with Crippen LogP contribution in [-0.4, -0.2) is 5.11 Å². The average molecular weight is 224 g/mol. The lowest BCUT2D eigenvalue weighted by atomic mass is 9.93. The van der Waals surface area contributed by atoms with Crippen LogP contribution in [0.25, 0.3) is 5.57 Å². The van der Waals surface area contributed by atoms with Crippen LogP contribution in [0.5, 0.6) is 5.75 Å². The Morgan fingerprint density at radius 2 is 2.12 bits per heavy atom. The van der Waals surface area contributed by atoms with Crippen molar-refractivity contribution < 1.29 is 9.50 Å². The third-order valence-electron chi connectivity index (χ3n) is 2.50. The molecule has 0 aliphatic heterocycles. The maximum absolute atomic E-state index is 13.8. The molecule has 4 heteroatoms. The molecule has 1 aromatic rings. The maximum atomic E-state index is 13.8. The van der Waals surface area contributed by atoms with E-state index in [1.165, 1.54) is 12.1 Å². The molecule has 0 saturated carbocycles. The summed E-state index contributed by atoms with van der Waals surface area (Å²) < 4.78 is 13.8. The molecule has 1 rings (SSSR count). The summed E-state index contributed by atoms with van der Waals surface area (Å²) in [6.07, 6.45) is 1.82. The Hall–Kier alpha value is -1.55. The van der Waals surface area contributed by atoms with Crippen molar-refractivity contribution >= 4 is 11.3 Å². The van der Waals surface area contributed by atoms with Gasteiger partial charge in [0.2, 0.25) is 0 Å². The van der Waals surface area contributed by atoms with Gasteiger partial charge in [0, 0.05) is 5.56 Å². The van der Waals surface area contributed by atoms with E-state index in [9.17, 15) is 9.50 Å². The van der Waals surface area contributed by atoms with Crippen LogP contribution >= 0.6 is 0 Å². The van der Waals surface area contributed by atoms with Crippen molar-refractivity contribution in [2.75, 3.05) is 5.43 Å². The van der Waals surface area contributed by atoms with E-state index >= 15 is 0 Å². The number of aromatic hydroxyl groups is 1. The minimum atomic E-state index is -0.396. The normalized spacial score (nSPS) is 12.0. The topological polar surface area (TPSA) is 58.3 Å². The van der Waals surface area contributed by atoms with Crippen LogP contribution in [0.2, 0.25) is 0 Å². The molecule has 0 fully saturated rings. The fourth-order valence-corrected chi connectivity index (χ4v) is 1.76. The predicted molar refractivity (Wildman–Crippen MR) is 64.4 cm³/mol. The maximum Gasteiger partial charge on any atom is 0.140 e. The summed E-state index contributed by atoms with van der Waals surface area (Å²) >= 11 is 0. The molecule has 0 bridgehead atoms. The Balaban J connectivity index is 3.47. The van der Waals surface area contributed by atoms with Gasteiger partial charge in [0.1, 0.15) is 17.3 Å². The molecule has 88 valence electrons. The van der Waals surface area contributed by atoms with Gasteiger partial charge in [-0.15, -0.1) is 0 Å². The van der Waals surface area contributed by atoms with Gasteiger partial charge in [-0.2, -0.15) is 0 Å². The zero-order valence-corrected chi connectivity index (χ0v) is 9.71. The SMILES string of the molecule is C/C=C(\c1c(F)ccc(O)c1NN)C(C)C. The first-order valence-corrected chi connectivity index (χ1v) is 5.17. The monoisotopic (exact) mass is 224 g/mol. The summed E-state index contributed by atoms with van der Waals surface area (Å²) in [6, 6.07) is 2.51. The van der Waals surface area contributed by atoms with Crippen LogP contribution in [0.4, 0.5) is 10.1 Å². The molecule has 0 aromatic heterocycles. The summed E-state index contributed by atoms with van der Waals surface area (Å²) in [5.74, 6) is 5.00. The number of nitrogen functional groups attached to an aromatic ring is 1. The third kappa shape index (κ3) is 2.17. The van der Waals surface area contributed by atoms with E-state index in [1.54, 1.807) is 0 Å². The fourth-order valence-electron chi connectivity index (χ4n) is 1.76. The highest BCUT2D eigenvalue weighted by atomic mass is 19.1. The second-order valence-corrected chi connectivity index (χ2v) is 3.86. The number of nitrogens with one attached hydrogen (secondary N) is 1. The number of allylic oxidation sites excluding steroid dienone is 2. The Morgan fingerprint density at radius 3 is 2.56 bits per heavy atom. The van der Waals surface area contributed by atoms with E-state index in [4.69, 9.17) is 5.84 Å². The second kappa shape index (κ2) is 4.99. The van der Waals surface area contributed by atoms with Gasteiger partial charge in [0.05, 0.1) is 0 Å². The molecule has 0 radical (unpaired) electrons. The van der Waals surface area contributed by atoms with Gasteiger partial charge < -0.3 is 10.5 Å². The van der Waals surface area contributed by atoms with E-state index in [0.29, 0.717) is 5.56 Å². The Bertz CT molecular complexity index is 414. The first-order valence-electron chi connectivity index (χ1n) is 5.17. The van der Waals surface area contributed by atoms with E-state index in [2.05, 4.69) is 5.43 Å². The molecule has 1 aromatic carbocycles. The number of hydrazine groups is 1. The van der Waals surface area contributed by atoms with Crippen molar-refractivity contribution in [3.8, 4) is 5.75 Å². The van der Waals surface area contributed by atoms with Gasteiger partial charge in [0.15, 0.2) is 0 Å². The van der Waals surface area contributed by atoms with Gasteiger partial charge in [0.25, 0.3) is 0 Å². The van der Waals surface area contributed by atoms with Gasteiger partial charge in [-0.05, 0) is 30.5 Å². The van der Waals surface area contributed by atoms with Crippen LogP contribution in [-0.2, 0) is 0 Å². The number of anilines is 1. The molecule has 0 aliphatic rings. The van der Waals surface area contributed by atoms with Crippen molar-refractivity contribution in [2.24, 2.45) is 11.8 Å². The molecule has 4 N–H and O–H groups in total. The third-order valence-corrected chi connectivity index (χ3v) is 2.50. The Kier molecular flexibility index (Phi) is 3.90. The zero-order chi connectivity index (χ0) is 12.3. The average Bonchev–Trinajstić information content (AvgIpc) is 2.24. The number of benzene rings is 1. The summed E-state index contributed by atoms with van der Waals surface area (Å²) in [4.78, 5) is 0. The van der Waals surface area contributed by atoms with Crippen LogP contribution in [0.15, 0.2) is 18.2 Å². The lowest BCUT2D eigenvalue weighted by Gasteiger charge is -2.17. The summed E-state index contributed by atoms with van der Waals surface area (Å²) in [5.41, 5.74) is 3.71. The van der Waals surface area contributed by atoms with Crippen LogP contribution in [0.3, 0.4) is 0 Å². The van der Waals surface area contributed by atoms with Gasteiger partial charge >= 0.3 is 0 Å². The molecule has 3 nitrogen and oxygen atoms in total. The van der Waals surface area contributed by atoms with Crippen LogP contribution in [0.1, 0.15) is 26.3 Å². The number of nitrogens with two attached hydrogens (primary N) is 1. The second-order valence-electron chi connectivity index (χ2n) is 3.86. The number of halogens is 1. The fraction of sp³-hybridized carbons (Fsp3) is 0.333. The number of phenolic OH excluding ortho intramolecular Hbond substituents is 1. The molecular weight excluding hydrogens is 207 g/mol. The lowest BCUT2D eigenvalue weighted by Crippen LogP contribution is -2.11. The van der Waals surface area contributed by atoms with Crippen molar-refractivity contribution in [1.29, 1.82) is 0 Å². The minimum absolute atomic E-state index is 0.0566. The molecule has 0 heterocycles. The highest BCUT2D eigenvalue weighted by molar-refractivity contribution is 5.80. The number of rotatable bonds is 3. The van der Waals surface area contributed by atoms with Crippen molar-refractivity contribution in [3.05, 3.63) is 29.6 Å². The van der Waals surface area contributed by atoms with Crippen molar-refractivity contribution in [2.45, 2.75) is 20.8 Å². The first kappa shape index (κ1) is 12.5. The van der Waals surface area contributed by atoms with E-state index in [0.717, 1.165) is 5.57 Å². The molecule has 0 amide bonds. The molecule has 0 saturated heterocycles. The lowest BCUT2D eigenvalue weighted by molar-refractivity contribution is 0.474. The minimum Gasteiger partial charge on any atom is -0.506 e. The molecule has 0 aliphatic carbocycles. The quantitative estimate of drug-likeness (QED) is 0.420. The molecule has 16 heavy (non-hydrogen) atoms. The van der Waals surface area contributed by atoms with E-state index in [1.807, 2.05) is 26.8 Å². The number of hydrogen-bond donors (Lipinski definition) is 3. The zero-order valence-electron chi connectivity index (χ0n) is 9.71. The summed E-state index contributed by atoms with van der Waals surface area (Å²) in [5, 5.41) is 9.61. The smallest absolute Gasteiger partial charge is 0.140 e. The molecular formula is C12H17FN2O. The first-order chi connectivity index (χ1) is 7.52. The predicted octanol–water partition coefficient (Wildman–Crippen LogP) is 2.88. The summed E-state index contributed by atoms with van der Waals surface area (Å²) in [6.45, 7) is 5.75. The van der Waals surface area contributed by atoms with E-state index in [-0.39, 0.29) is 17.4 Å². The Morgan fingerprint density at radius 1 is 1.50 bits per heavy atom. The highest BCUT2D eigenvalue weighted by Gasteiger charge is 2.17. The Labute approximate surface area is 94.8 Å². The van der Waals surface area contributed by atoms with Crippen LogP contribution < -0.4 is 11.3 Å². The molecule has 0 atom stereocenters. The van der Waals surface area contributed by atoms with Crippen LogP contribution in [0, 0.1) is 11.7 Å². The van der Waals surface area contributed by atoms with Gasteiger partial charge in [-0.25, -0.2) is 4.39 Å². The molecule has 0 spiro atoms. The van der Waals surface area contributed by atoms with Crippen molar-refractivity contribution in [1.82, 2.24) is 0 Å². The highest BCUT2D eigenvalue weighted by Crippen LogP contribution is 2.36. The summed E-state index contributed by atoms with van der Waals surface area (Å²) in [7, 11) is 0. The van der Waals surface area contributed by atoms with E-state index < -0.39 is 5.82 Å². The standard InChI is InChI=1S/C12H17FN2O/c1-4-8(7(2)3)11-9(13)5-6-10(16)12(11)15-14/h4-7,15-16H,14H2,1-3H3/b8-4-. The van der Waals surface area contributed by atoms with Gasteiger partial charge in [-0.3, -0.25) is 5.84 Å².